The standard InChI is InChI=1S/C11H15N3O3/c15-11(9-8-16-6-7-17-9)14-3-1-2-10-12-4-5-13-10/h4-5,8H,1-3,6-7H2,(H,12,13)(H,14,15). The number of rotatable bonds is 5. The molecule has 6 nitrogen and oxygen atoms in total. The van der Waals surface area contributed by atoms with Crippen LogP contribution >= 0.6 is 0 Å². The van der Waals surface area contributed by atoms with Crippen molar-refractivity contribution in [1.82, 2.24) is 15.3 Å². The van der Waals surface area contributed by atoms with Gasteiger partial charge in [0.25, 0.3) is 5.91 Å². The van der Waals surface area contributed by atoms with Crippen molar-refractivity contribution in [3.05, 3.63) is 30.2 Å². The maximum absolute atomic E-state index is 11.6. The molecule has 0 bridgehead atoms. The quantitative estimate of drug-likeness (QED) is 0.724. The number of imidazole rings is 1. The van der Waals surface area contributed by atoms with E-state index in [2.05, 4.69) is 15.3 Å². The topological polar surface area (TPSA) is 76.2 Å². The highest BCUT2D eigenvalue weighted by atomic mass is 16.6. The smallest absolute Gasteiger partial charge is 0.289 e. The number of amides is 1. The summed E-state index contributed by atoms with van der Waals surface area (Å²) < 4.78 is 10.2. The first-order chi connectivity index (χ1) is 8.36. The SMILES string of the molecule is O=C(NCCCc1ncc[nH]1)C1=COCCO1. The van der Waals surface area contributed by atoms with Gasteiger partial charge in [-0.15, -0.1) is 0 Å². The van der Waals surface area contributed by atoms with Gasteiger partial charge in [-0.2, -0.15) is 0 Å². The predicted octanol–water partition coefficient (Wildman–Crippen LogP) is 0.347. The highest BCUT2D eigenvalue weighted by Crippen LogP contribution is 2.03. The van der Waals surface area contributed by atoms with E-state index in [0.717, 1.165) is 18.7 Å². The molecule has 17 heavy (non-hydrogen) atoms. The third-order valence-electron chi connectivity index (χ3n) is 2.30. The van der Waals surface area contributed by atoms with E-state index in [9.17, 15) is 4.79 Å². The van der Waals surface area contributed by atoms with Gasteiger partial charge in [-0.3, -0.25) is 4.79 Å². The number of hydrogen-bond donors (Lipinski definition) is 2. The van der Waals surface area contributed by atoms with E-state index in [-0.39, 0.29) is 11.7 Å². The van der Waals surface area contributed by atoms with E-state index in [1.54, 1.807) is 12.4 Å². The molecule has 92 valence electrons. The lowest BCUT2D eigenvalue weighted by molar-refractivity contribution is -0.122. The highest BCUT2D eigenvalue weighted by molar-refractivity contribution is 5.91. The van der Waals surface area contributed by atoms with Crippen LogP contribution < -0.4 is 5.32 Å². The Balaban J connectivity index is 1.64. The fourth-order valence-corrected chi connectivity index (χ4v) is 1.47. The number of aromatic nitrogens is 2. The first-order valence-corrected chi connectivity index (χ1v) is 5.57. The molecule has 1 aromatic rings. The molecule has 1 amide bonds. The van der Waals surface area contributed by atoms with Crippen molar-refractivity contribution in [2.24, 2.45) is 0 Å². The lowest BCUT2D eigenvalue weighted by atomic mass is 10.3. The molecule has 0 saturated heterocycles. The van der Waals surface area contributed by atoms with Gasteiger partial charge in [0, 0.05) is 25.4 Å². The first-order valence-electron chi connectivity index (χ1n) is 5.57. The van der Waals surface area contributed by atoms with Gasteiger partial charge in [0.15, 0.2) is 0 Å². The van der Waals surface area contributed by atoms with Crippen LogP contribution in [0.2, 0.25) is 0 Å². The summed E-state index contributed by atoms with van der Waals surface area (Å²) in [5.74, 6) is 0.939. The number of carbonyl (C=O) groups excluding carboxylic acids is 1. The van der Waals surface area contributed by atoms with Crippen LogP contribution in [-0.4, -0.2) is 35.6 Å². The zero-order valence-corrected chi connectivity index (χ0v) is 9.44. The maximum atomic E-state index is 11.6. The minimum atomic E-state index is -0.232. The Labute approximate surface area is 99.0 Å². The third-order valence-corrected chi connectivity index (χ3v) is 2.30. The number of nitrogens with one attached hydrogen (secondary N) is 2. The van der Waals surface area contributed by atoms with E-state index in [0.29, 0.717) is 19.8 Å². The van der Waals surface area contributed by atoms with Crippen LogP contribution in [0.5, 0.6) is 0 Å². The Hall–Kier alpha value is -1.98. The van der Waals surface area contributed by atoms with Gasteiger partial charge in [0.1, 0.15) is 25.3 Å². The molecule has 0 aliphatic carbocycles. The van der Waals surface area contributed by atoms with Crippen LogP contribution in [0.3, 0.4) is 0 Å². The second-order valence-corrected chi connectivity index (χ2v) is 3.60. The maximum Gasteiger partial charge on any atom is 0.289 e. The second kappa shape index (κ2) is 5.93. The zero-order chi connectivity index (χ0) is 11.9. The van der Waals surface area contributed by atoms with E-state index in [1.807, 2.05) is 0 Å². The molecule has 0 unspecified atom stereocenters. The number of aromatic amines is 1. The summed E-state index contributed by atoms with van der Waals surface area (Å²) in [6.07, 6.45) is 6.49. The third kappa shape index (κ3) is 3.51. The molecule has 0 atom stereocenters. The number of nitrogens with zero attached hydrogens (tertiary/aromatic N) is 1. The zero-order valence-electron chi connectivity index (χ0n) is 9.44. The van der Waals surface area contributed by atoms with Crippen LogP contribution in [0.1, 0.15) is 12.2 Å². The Morgan fingerprint density at radius 1 is 1.53 bits per heavy atom. The summed E-state index contributed by atoms with van der Waals surface area (Å²) in [5, 5.41) is 2.76. The summed E-state index contributed by atoms with van der Waals surface area (Å²) in [6, 6.07) is 0. The Bertz CT molecular complexity index is 387. The van der Waals surface area contributed by atoms with Crippen LogP contribution in [0.4, 0.5) is 0 Å². The summed E-state index contributed by atoms with van der Waals surface area (Å²) >= 11 is 0. The number of ether oxygens (including phenoxy) is 2. The van der Waals surface area contributed by atoms with Gasteiger partial charge in [-0.1, -0.05) is 0 Å². The minimum absolute atomic E-state index is 0.232. The van der Waals surface area contributed by atoms with E-state index in [4.69, 9.17) is 9.47 Å². The molecule has 2 rings (SSSR count). The molecule has 6 heteroatoms. The van der Waals surface area contributed by atoms with Crippen LogP contribution in [-0.2, 0) is 20.7 Å². The normalized spacial score (nSPS) is 14.5. The average Bonchev–Trinajstić information content (AvgIpc) is 2.88. The second-order valence-electron chi connectivity index (χ2n) is 3.60. The van der Waals surface area contributed by atoms with Crippen molar-refractivity contribution >= 4 is 5.91 Å². The molecule has 2 heterocycles. The number of hydrogen-bond acceptors (Lipinski definition) is 4. The van der Waals surface area contributed by atoms with Crippen molar-refractivity contribution in [1.29, 1.82) is 0 Å². The molecule has 1 aliphatic rings. The van der Waals surface area contributed by atoms with Gasteiger partial charge < -0.3 is 19.8 Å². The Morgan fingerprint density at radius 2 is 2.47 bits per heavy atom. The molecule has 0 radical (unpaired) electrons. The van der Waals surface area contributed by atoms with E-state index >= 15 is 0 Å². The summed E-state index contributed by atoms with van der Waals surface area (Å²) in [6.45, 7) is 1.50. The van der Waals surface area contributed by atoms with Crippen LogP contribution in [0.25, 0.3) is 0 Å². The van der Waals surface area contributed by atoms with Crippen LogP contribution in [0, 0.1) is 0 Å². The van der Waals surface area contributed by atoms with E-state index < -0.39 is 0 Å². The molecule has 0 saturated carbocycles. The molecule has 1 aliphatic heterocycles. The van der Waals surface area contributed by atoms with Crippen LogP contribution in [0.15, 0.2) is 24.4 Å². The summed E-state index contributed by atoms with van der Waals surface area (Å²) in [5.41, 5.74) is 0. The Morgan fingerprint density at radius 3 is 3.18 bits per heavy atom. The number of H-pyrrole nitrogens is 1. The fourth-order valence-electron chi connectivity index (χ4n) is 1.47. The number of aryl methyl sites for hydroxylation is 1. The average molecular weight is 237 g/mol. The molecular formula is C11H15N3O3. The molecule has 1 aromatic heterocycles. The molecule has 2 N–H and O–H groups in total. The predicted molar refractivity (Wildman–Crippen MR) is 59.9 cm³/mol. The lowest BCUT2D eigenvalue weighted by Crippen LogP contribution is -2.29. The molecule has 0 aromatic carbocycles. The fraction of sp³-hybridized carbons (Fsp3) is 0.455. The van der Waals surface area contributed by atoms with Crippen molar-refractivity contribution in [3.8, 4) is 0 Å². The minimum Gasteiger partial charge on any atom is -0.494 e. The summed E-state index contributed by atoms with van der Waals surface area (Å²) in [7, 11) is 0. The van der Waals surface area contributed by atoms with E-state index in [1.165, 1.54) is 6.26 Å². The Kier molecular flexibility index (Phi) is 4.01. The van der Waals surface area contributed by atoms with Crippen molar-refractivity contribution in [3.63, 3.8) is 0 Å². The molecule has 0 spiro atoms. The first kappa shape index (κ1) is 11.5. The highest BCUT2D eigenvalue weighted by Gasteiger charge is 2.13. The molecular weight excluding hydrogens is 222 g/mol. The largest absolute Gasteiger partial charge is 0.494 e. The van der Waals surface area contributed by atoms with Gasteiger partial charge in [0.2, 0.25) is 5.76 Å². The van der Waals surface area contributed by atoms with Crippen molar-refractivity contribution < 1.29 is 14.3 Å². The summed E-state index contributed by atoms with van der Waals surface area (Å²) in [4.78, 5) is 18.7. The van der Waals surface area contributed by atoms with Crippen molar-refractivity contribution in [2.75, 3.05) is 19.8 Å². The monoisotopic (exact) mass is 237 g/mol. The van der Waals surface area contributed by atoms with Gasteiger partial charge >= 0.3 is 0 Å². The van der Waals surface area contributed by atoms with Gasteiger partial charge in [0.05, 0.1) is 0 Å². The molecule has 0 fully saturated rings. The van der Waals surface area contributed by atoms with Crippen molar-refractivity contribution in [2.45, 2.75) is 12.8 Å². The van der Waals surface area contributed by atoms with Gasteiger partial charge in [-0.05, 0) is 6.42 Å². The number of carbonyl (C=O) groups is 1. The lowest BCUT2D eigenvalue weighted by Gasteiger charge is -2.14. The van der Waals surface area contributed by atoms with Gasteiger partial charge in [-0.25, -0.2) is 4.98 Å².